The van der Waals surface area contributed by atoms with Crippen molar-refractivity contribution < 1.29 is 9.21 Å². The number of nitrogens with zero attached hydrogens (tertiary/aromatic N) is 1. The number of hydrogen-bond acceptors (Lipinski definition) is 2. The highest BCUT2D eigenvalue weighted by Crippen LogP contribution is 2.37. The van der Waals surface area contributed by atoms with E-state index in [0.717, 1.165) is 21.4 Å². The van der Waals surface area contributed by atoms with E-state index in [1.54, 1.807) is 29.2 Å². The number of carbonyl (C=O) groups is 1. The average molecular weight is 537 g/mol. The van der Waals surface area contributed by atoms with Gasteiger partial charge < -0.3 is 4.42 Å². The molecule has 0 fully saturated rings. The van der Waals surface area contributed by atoms with Gasteiger partial charge in [0.05, 0.1) is 10.7 Å². The van der Waals surface area contributed by atoms with Crippen molar-refractivity contribution in [3.8, 4) is 11.3 Å². The van der Waals surface area contributed by atoms with Crippen LogP contribution in [0.2, 0.25) is 10.0 Å². The van der Waals surface area contributed by atoms with Gasteiger partial charge in [-0.3, -0.25) is 9.69 Å². The third-order valence-corrected chi connectivity index (χ3v) is 6.35. The SMILES string of the molecule is O=C1C(=Cc2ccc(-c3cc(Cl)ccc3Cl)o2)C=C(c2ccccc2)N1c1ccc(Br)cc1. The predicted molar refractivity (Wildman–Crippen MR) is 138 cm³/mol. The van der Waals surface area contributed by atoms with Crippen molar-refractivity contribution >= 4 is 62.5 Å². The van der Waals surface area contributed by atoms with Gasteiger partial charge in [-0.1, -0.05) is 69.5 Å². The molecule has 0 unspecified atom stereocenters. The first-order valence-corrected chi connectivity index (χ1v) is 11.7. The van der Waals surface area contributed by atoms with E-state index in [2.05, 4.69) is 15.9 Å². The van der Waals surface area contributed by atoms with Crippen LogP contribution in [0.1, 0.15) is 11.3 Å². The third kappa shape index (κ3) is 4.42. The monoisotopic (exact) mass is 535 g/mol. The van der Waals surface area contributed by atoms with Gasteiger partial charge in [-0.25, -0.2) is 0 Å². The van der Waals surface area contributed by atoms with Gasteiger partial charge in [0.15, 0.2) is 0 Å². The standard InChI is InChI=1S/C27H16BrCl2NO2/c28-19-6-9-21(10-7-19)31-25(17-4-2-1-3-5-17)15-18(27(31)32)14-22-11-13-26(33-22)23-16-20(29)8-12-24(23)30/h1-16H. The van der Waals surface area contributed by atoms with Crippen LogP contribution in [-0.4, -0.2) is 5.91 Å². The van der Waals surface area contributed by atoms with E-state index in [1.165, 1.54) is 0 Å². The largest absolute Gasteiger partial charge is 0.457 e. The fourth-order valence-electron chi connectivity index (χ4n) is 3.70. The van der Waals surface area contributed by atoms with Crippen molar-refractivity contribution in [2.45, 2.75) is 0 Å². The van der Waals surface area contributed by atoms with Gasteiger partial charge >= 0.3 is 0 Å². The van der Waals surface area contributed by atoms with Crippen LogP contribution in [0, 0.1) is 0 Å². The highest BCUT2D eigenvalue weighted by molar-refractivity contribution is 9.10. The second kappa shape index (κ2) is 9.06. The first-order valence-electron chi connectivity index (χ1n) is 10.1. The highest BCUT2D eigenvalue weighted by atomic mass is 79.9. The molecule has 0 spiro atoms. The second-order valence-corrected chi connectivity index (χ2v) is 9.20. The molecule has 6 heteroatoms. The topological polar surface area (TPSA) is 33.5 Å². The molecule has 162 valence electrons. The van der Waals surface area contributed by atoms with Gasteiger partial charge in [0.25, 0.3) is 5.91 Å². The van der Waals surface area contributed by atoms with Gasteiger partial charge in [-0.15, -0.1) is 0 Å². The van der Waals surface area contributed by atoms with Gasteiger partial charge in [0.1, 0.15) is 11.5 Å². The summed E-state index contributed by atoms with van der Waals surface area (Å²) < 4.78 is 6.93. The molecule has 1 aliphatic rings. The lowest BCUT2D eigenvalue weighted by Gasteiger charge is -2.20. The fraction of sp³-hybridized carbons (Fsp3) is 0. The Morgan fingerprint density at radius 3 is 2.39 bits per heavy atom. The van der Waals surface area contributed by atoms with Crippen LogP contribution in [-0.2, 0) is 4.79 Å². The van der Waals surface area contributed by atoms with E-state index in [-0.39, 0.29) is 5.91 Å². The molecule has 1 amide bonds. The molecule has 0 radical (unpaired) electrons. The smallest absolute Gasteiger partial charge is 0.263 e. The molecule has 3 nitrogen and oxygen atoms in total. The van der Waals surface area contributed by atoms with Crippen molar-refractivity contribution in [2.24, 2.45) is 0 Å². The Bertz CT molecular complexity index is 1410. The molecule has 4 aromatic rings. The Kier molecular flexibility index (Phi) is 5.98. The van der Waals surface area contributed by atoms with E-state index < -0.39 is 0 Å². The quantitative estimate of drug-likeness (QED) is 0.245. The number of anilines is 1. The van der Waals surface area contributed by atoms with Crippen LogP contribution in [0.25, 0.3) is 23.1 Å². The Balaban J connectivity index is 1.55. The maximum absolute atomic E-state index is 13.5. The van der Waals surface area contributed by atoms with Crippen molar-refractivity contribution in [1.82, 2.24) is 0 Å². The van der Waals surface area contributed by atoms with Crippen LogP contribution in [0.4, 0.5) is 5.69 Å². The van der Waals surface area contributed by atoms with Gasteiger partial charge in [-0.05, 0) is 72.3 Å². The number of carbonyl (C=O) groups excluding carboxylic acids is 1. The first-order chi connectivity index (χ1) is 16.0. The number of halogens is 3. The fourth-order valence-corrected chi connectivity index (χ4v) is 4.35. The number of amides is 1. The van der Waals surface area contributed by atoms with Crippen molar-refractivity contribution in [2.75, 3.05) is 4.90 Å². The summed E-state index contributed by atoms with van der Waals surface area (Å²) in [6, 6.07) is 26.3. The van der Waals surface area contributed by atoms with Crippen LogP contribution in [0.5, 0.6) is 0 Å². The van der Waals surface area contributed by atoms with Gasteiger partial charge in [0.2, 0.25) is 0 Å². The van der Waals surface area contributed by atoms with Crippen molar-refractivity contribution in [3.63, 3.8) is 0 Å². The third-order valence-electron chi connectivity index (χ3n) is 5.26. The molecule has 5 rings (SSSR count). The summed E-state index contributed by atoms with van der Waals surface area (Å²) in [6.45, 7) is 0. The zero-order valence-corrected chi connectivity index (χ0v) is 20.2. The number of rotatable bonds is 4. The predicted octanol–water partition coefficient (Wildman–Crippen LogP) is 8.49. The molecule has 2 heterocycles. The lowest BCUT2D eigenvalue weighted by Crippen LogP contribution is -2.24. The van der Waals surface area contributed by atoms with Crippen LogP contribution < -0.4 is 4.90 Å². The van der Waals surface area contributed by atoms with E-state index in [1.807, 2.05) is 72.8 Å². The molecule has 0 atom stereocenters. The molecule has 0 N–H and O–H groups in total. The molecule has 33 heavy (non-hydrogen) atoms. The van der Waals surface area contributed by atoms with E-state index in [4.69, 9.17) is 27.6 Å². The summed E-state index contributed by atoms with van der Waals surface area (Å²) in [5.74, 6) is 0.998. The zero-order valence-electron chi connectivity index (χ0n) is 17.1. The minimum atomic E-state index is -0.130. The number of hydrogen-bond donors (Lipinski definition) is 0. The molecule has 1 aliphatic heterocycles. The van der Waals surface area contributed by atoms with Crippen LogP contribution in [0.15, 0.2) is 105 Å². The molecular formula is C27H16BrCl2NO2. The minimum Gasteiger partial charge on any atom is -0.457 e. The first kappa shape index (κ1) is 21.8. The van der Waals surface area contributed by atoms with Crippen LogP contribution >= 0.6 is 39.1 Å². The van der Waals surface area contributed by atoms with Gasteiger partial charge in [0, 0.05) is 26.3 Å². The lowest BCUT2D eigenvalue weighted by atomic mass is 10.1. The van der Waals surface area contributed by atoms with E-state index in [0.29, 0.717) is 32.7 Å². The molecule has 3 aromatic carbocycles. The Morgan fingerprint density at radius 1 is 0.879 bits per heavy atom. The zero-order chi connectivity index (χ0) is 22.9. The molecule has 1 aromatic heterocycles. The number of benzene rings is 3. The normalized spacial score (nSPS) is 14.8. The molecular weight excluding hydrogens is 521 g/mol. The molecule has 0 aliphatic carbocycles. The lowest BCUT2D eigenvalue weighted by molar-refractivity contribution is -0.113. The number of furan rings is 1. The minimum absolute atomic E-state index is 0.130. The Morgan fingerprint density at radius 2 is 1.64 bits per heavy atom. The highest BCUT2D eigenvalue weighted by Gasteiger charge is 2.30. The summed E-state index contributed by atoms with van der Waals surface area (Å²) in [6.07, 6.45) is 3.63. The summed E-state index contributed by atoms with van der Waals surface area (Å²) in [5.41, 5.74) is 3.76. The van der Waals surface area contributed by atoms with Crippen molar-refractivity contribution in [1.29, 1.82) is 0 Å². The molecule has 0 saturated carbocycles. The summed E-state index contributed by atoms with van der Waals surface area (Å²) in [5, 5.41) is 1.11. The van der Waals surface area contributed by atoms with Crippen LogP contribution in [0.3, 0.4) is 0 Å². The summed E-state index contributed by atoms with van der Waals surface area (Å²) in [4.78, 5) is 15.2. The molecule has 0 bridgehead atoms. The Labute approximate surface area is 209 Å². The maximum Gasteiger partial charge on any atom is 0.263 e. The average Bonchev–Trinajstić information content (AvgIpc) is 3.42. The molecule has 0 saturated heterocycles. The summed E-state index contributed by atoms with van der Waals surface area (Å²) in [7, 11) is 0. The van der Waals surface area contributed by atoms with E-state index in [9.17, 15) is 4.79 Å². The summed E-state index contributed by atoms with van der Waals surface area (Å²) >= 11 is 15.9. The second-order valence-electron chi connectivity index (χ2n) is 7.44. The Hall–Kier alpha value is -3.05. The maximum atomic E-state index is 13.5. The van der Waals surface area contributed by atoms with Gasteiger partial charge in [-0.2, -0.15) is 0 Å². The van der Waals surface area contributed by atoms with E-state index >= 15 is 0 Å². The van der Waals surface area contributed by atoms with Crippen molar-refractivity contribution in [3.05, 3.63) is 122 Å².